The first-order valence-electron chi connectivity index (χ1n) is 12.7. The normalized spacial score (nSPS) is 22.7. The molecule has 3 heterocycles. The molecule has 8 heteroatoms. The maximum absolute atomic E-state index is 7.87. The molecule has 0 saturated carbocycles. The minimum absolute atomic E-state index is 0.147. The minimum atomic E-state index is -0.147. The molecule has 34 heavy (non-hydrogen) atoms. The summed E-state index contributed by atoms with van der Waals surface area (Å²) in [7, 11) is 2.23. The predicted molar refractivity (Wildman–Crippen MR) is 136 cm³/mol. The van der Waals surface area contributed by atoms with Gasteiger partial charge >= 0.3 is 0 Å². The van der Waals surface area contributed by atoms with Gasteiger partial charge in [0.2, 0.25) is 0 Å². The van der Waals surface area contributed by atoms with E-state index in [1.165, 1.54) is 31.2 Å². The van der Waals surface area contributed by atoms with Crippen LogP contribution in [0.1, 0.15) is 60.0 Å². The van der Waals surface area contributed by atoms with Gasteiger partial charge in [0.05, 0.1) is 11.3 Å². The zero-order chi connectivity index (χ0) is 23.7. The third-order valence-corrected chi connectivity index (χ3v) is 7.65. The number of hydrogen-bond donors (Lipinski definition) is 3. The third kappa shape index (κ3) is 4.49. The molecule has 8 nitrogen and oxygen atoms in total. The van der Waals surface area contributed by atoms with E-state index in [2.05, 4.69) is 22.2 Å². The highest BCUT2D eigenvalue weighted by molar-refractivity contribution is 5.89. The van der Waals surface area contributed by atoms with Gasteiger partial charge in [-0.1, -0.05) is 6.07 Å². The Balaban J connectivity index is 1.47. The molecule has 1 aromatic carbocycles. The monoisotopic (exact) mass is 463 g/mol. The van der Waals surface area contributed by atoms with Crippen molar-refractivity contribution in [2.45, 2.75) is 57.6 Å². The summed E-state index contributed by atoms with van der Waals surface area (Å²) in [6, 6.07) is 4.42. The molecule has 0 amide bonds. The van der Waals surface area contributed by atoms with E-state index >= 15 is 0 Å². The van der Waals surface area contributed by atoms with Crippen LogP contribution in [0.15, 0.2) is 12.1 Å². The molecule has 2 atom stereocenters. The molecule has 2 aliphatic heterocycles. The highest BCUT2D eigenvalue weighted by atomic mass is 16.5. The number of aryl methyl sites for hydroxylation is 2. The average Bonchev–Trinajstić information content (AvgIpc) is 3.46. The Kier molecular flexibility index (Phi) is 6.70. The molecule has 2 saturated heterocycles. The molecule has 0 spiro atoms. The number of hydrogen-bond acceptors (Lipinski definition) is 8. The zero-order valence-electron chi connectivity index (χ0n) is 20.4. The van der Waals surface area contributed by atoms with E-state index in [1.807, 2.05) is 19.1 Å². The molecule has 0 radical (unpaired) electrons. The molecule has 4 N–H and O–H groups in total. The smallest absolute Gasteiger partial charge is 0.141 e. The number of piperazine rings is 1. The molecule has 5 rings (SSSR count). The van der Waals surface area contributed by atoms with Gasteiger partial charge in [0.15, 0.2) is 0 Å². The Morgan fingerprint density at radius 2 is 2.03 bits per heavy atom. The number of likely N-dealkylation sites (tertiary alicyclic amines) is 1. The fourth-order valence-electron chi connectivity index (χ4n) is 5.63. The molecule has 182 valence electrons. The van der Waals surface area contributed by atoms with Gasteiger partial charge in [-0.05, 0) is 64.3 Å². The lowest BCUT2D eigenvalue weighted by atomic mass is 10.1. The standard InChI is InChI=1S/C26H37N7O/c1-17-5-8-21(28)20(16-27)25(17)34-22-9-7-19-24(22)30-23(10-6-18-4-3-13-32(18)2)31-26(19)33-14-11-29-12-15-33/h5,8,16,18,22,27,29H,3-4,6-7,9-15,28H2,1-2H3/t18-,22?/m0/s1. The van der Waals surface area contributed by atoms with E-state index in [4.69, 9.17) is 25.8 Å². The molecular weight excluding hydrogens is 426 g/mol. The molecule has 3 aliphatic rings. The first kappa shape index (κ1) is 23.1. The van der Waals surface area contributed by atoms with Gasteiger partial charge in [-0.25, -0.2) is 9.97 Å². The van der Waals surface area contributed by atoms with Crippen LogP contribution in [0.3, 0.4) is 0 Å². The first-order valence-corrected chi connectivity index (χ1v) is 12.7. The van der Waals surface area contributed by atoms with Crippen LogP contribution in [0.4, 0.5) is 11.5 Å². The van der Waals surface area contributed by atoms with Gasteiger partial charge in [-0.2, -0.15) is 0 Å². The van der Waals surface area contributed by atoms with Crippen LogP contribution in [-0.2, 0) is 12.8 Å². The van der Waals surface area contributed by atoms with Crippen LogP contribution in [0.2, 0.25) is 0 Å². The van der Waals surface area contributed by atoms with Crippen LogP contribution in [0, 0.1) is 12.3 Å². The van der Waals surface area contributed by atoms with E-state index in [0.717, 1.165) is 74.8 Å². The fraction of sp³-hybridized carbons (Fsp3) is 0.577. The highest BCUT2D eigenvalue weighted by Crippen LogP contribution is 2.40. The van der Waals surface area contributed by atoms with Gasteiger partial charge in [0.1, 0.15) is 23.5 Å². The van der Waals surface area contributed by atoms with Crippen molar-refractivity contribution in [3.05, 3.63) is 40.3 Å². The molecule has 1 aromatic heterocycles. The van der Waals surface area contributed by atoms with Crippen molar-refractivity contribution >= 4 is 17.7 Å². The minimum Gasteiger partial charge on any atom is -0.483 e. The zero-order valence-corrected chi connectivity index (χ0v) is 20.4. The van der Waals surface area contributed by atoms with Crippen molar-refractivity contribution in [1.29, 1.82) is 5.41 Å². The second-order valence-electron chi connectivity index (χ2n) is 9.88. The van der Waals surface area contributed by atoms with Crippen molar-refractivity contribution in [3.8, 4) is 5.75 Å². The number of anilines is 2. The number of nitrogens with two attached hydrogens (primary N) is 1. The van der Waals surface area contributed by atoms with Crippen LogP contribution in [0.5, 0.6) is 5.75 Å². The van der Waals surface area contributed by atoms with E-state index in [1.54, 1.807) is 0 Å². The van der Waals surface area contributed by atoms with E-state index < -0.39 is 0 Å². The Morgan fingerprint density at radius 3 is 2.76 bits per heavy atom. The Morgan fingerprint density at radius 1 is 1.21 bits per heavy atom. The van der Waals surface area contributed by atoms with Crippen LogP contribution in [0.25, 0.3) is 0 Å². The summed E-state index contributed by atoms with van der Waals surface area (Å²) in [6.07, 6.45) is 7.44. The number of nitrogens with one attached hydrogen (secondary N) is 2. The molecule has 1 unspecified atom stereocenters. The van der Waals surface area contributed by atoms with Gasteiger partial charge in [-0.15, -0.1) is 0 Å². The number of benzene rings is 1. The number of rotatable bonds is 7. The molecular formula is C26H37N7O. The van der Waals surface area contributed by atoms with Crippen molar-refractivity contribution in [1.82, 2.24) is 20.2 Å². The third-order valence-electron chi connectivity index (χ3n) is 7.65. The quantitative estimate of drug-likeness (QED) is 0.428. The SMILES string of the molecule is Cc1ccc(N)c(C=N)c1OC1CCc2c1nc(CC[C@@H]1CCCN1C)nc2N1CCNCC1. The summed E-state index contributed by atoms with van der Waals surface area (Å²) < 4.78 is 6.57. The molecule has 0 bridgehead atoms. The molecule has 1 aliphatic carbocycles. The van der Waals surface area contributed by atoms with Crippen molar-refractivity contribution < 1.29 is 4.74 Å². The second kappa shape index (κ2) is 9.88. The van der Waals surface area contributed by atoms with Gasteiger partial charge < -0.3 is 31.0 Å². The molecule has 2 fully saturated rings. The van der Waals surface area contributed by atoms with Crippen molar-refractivity contribution in [3.63, 3.8) is 0 Å². The summed E-state index contributed by atoms with van der Waals surface area (Å²) in [5, 5.41) is 11.3. The number of aromatic nitrogens is 2. The lowest BCUT2D eigenvalue weighted by Crippen LogP contribution is -2.44. The highest BCUT2D eigenvalue weighted by Gasteiger charge is 2.33. The van der Waals surface area contributed by atoms with E-state index in [-0.39, 0.29) is 6.10 Å². The van der Waals surface area contributed by atoms with Gasteiger partial charge in [0, 0.05) is 56.1 Å². The fourth-order valence-corrected chi connectivity index (χ4v) is 5.63. The van der Waals surface area contributed by atoms with Gasteiger partial charge in [0.25, 0.3) is 0 Å². The number of nitrogens with zero attached hydrogens (tertiary/aromatic N) is 4. The Labute approximate surface area is 202 Å². The van der Waals surface area contributed by atoms with Crippen molar-refractivity contribution in [2.75, 3.05) is 50.4 Å². The maximum atomic E-state index is 7.87. The average molecular weight is 464 g/mol. The Hall–Kier alpha value is -2.71. The van der Waals surface area contributed by atoms with Crippen molar-refractivity contribution in [2.24, 2.45) is 0 Å². The van der Waals surface area contributed by atoms with Gasteiger partial charge in [-0.3, -0.25) is 0 Å². The lowest BCUT2D eigenvalue weighted by molar-refractivity contribution is 0.201. The summed E-state index contributed by atoms with van der Waals surface area (Å²) in [4.78, 5) is 15.1. The number of nitrogen functional groups attached to an aromatic ring is 1. The van der Waals surface area contributed by atoms with Crippen LogP contribution >= 0.6 is 0 Å². The second-order valence-corrected chi connectivity index (χ2v) is 9.88. The predicted octanol–water partition coefficient (Wildman–Crippen LogP) is 2.87. The summed E-state index contributed by atoms with van der Waals surface area (Å²) >= 11 is 0. The largest absolute Gasteiger partial charge is 0.483 e. The number of ether oxygens (including phenoxy) is 1. The Bertz CT molecular complexity index is 1050. The first-order chi connectivity index (χ1) is 16.5. The summed E-state index contributed by atoms with van der Waals surface area (Å²) in [5.41, 5.74) is 10.6. The maximum Gasteiger partial charge on any atom is 0.141 e. The van der Waals surface area contributed by atoms with Crippen LogP contribution < -0.4 is 20.7 Å². The summed E-state index contributed by atoms with van der Waals surface area (Å²) in [5.74, 6) is 2.73. The summed E-state index contributed by atoms with van der Waals surface area (Å²) in [6.45, 7) is 7.08. The lowest BCUT2D eigenvalue weighted by Gasteiger charge is -2.30. The number of fused-ring (bicyclic) bond motifs is 1. The molecule has 2 aromatic rings. The van der Waals surface area contributed by atoms with E-state index in [9.17, 15) is 0 Å². The van der Waals surface area contributed by atoms with Crippen LogP contribution in [-0.4, -0.2) is 66.9 Å². The van der Waals surface area contributed by atoms with E-state index in [0.29, 0.717) is 23.0 Å². The topological polar surface area (TPSA) is 103 Å².